The quantitative estimate of drug-likeness (QED) is 0.928. The fraction of sp³-hybridized carbons (Fsp3) is 0.235. The second-order valence-corrected chi connectivity index (χ2v) is 5.52. The van der Waals surface area contributed by atoms with E-state index in [0.717, 1.165) is 0 Å². The number of likely N-dealkylation sites (tertiary alicyclic amines) is 1. The number of primary amides is 1. The van der Waals surface area contributed by atoms with Crippen LogP contribution < -0.4 is 10.5 Å². The van der Waals surface area contributed by atoms with E-state index in [-0.39, 0.29) is 13.0 Å². The molecule has 2 aromatic rings. The Balaban J connectivity index is 1.73. The summed E-state index contributed by atoms with van der Waals surface area (Å²) in [7, 11) is 0. The van der Waals surface area contributed by atoms with Crippen molar-refractivity contribution in [3.05, 3.63) is 54.4 Å². The largest absolute Gasteiger partial charge is 0.456 e. The molecule has 1 aromatic carbocycles. The molecule has 0 bridgehead atoms. The Morgan fingerprint density at radius 1 is 1.21 bits per heavy atom. The summed E-state index contributed by atoms with van der Waals surface area (Å²) in [4.78, 5) is 29.0. The van der Waals surface area contributed by atoms with Crippen LogP contribution in [0.25, 0.3) is 0 Å². The van der Waals surface area contributed by atoms with Gasteiger partial charge in [0.2, 0.25) is 5.91 Å². The second kappa shape index (κ2) is 6.66. The lowest BCUT2D eigenvalue weighted by molar-refractivity contribution is -0.121. The number of amides is 2. The minimum Gasteiger partial charge on any atom is -0.456 e. The minimum absolute atomic E-state index is 0.0523. The first-order chi connectivity index (χ1) is 11.5. The minimum atomic E-state index is -1.24. The zero-order chi connectivity index (χ0) is 17.1. The van der Waals surface area contributed by atoms with Crippen LogP contribution in [0.15, 0.2) is 48.8 Å². The average Bonchev–Trinajstić information content (AvgIpc) is 2.98. The SMILES string of the molecule is NC(=O)[C@@H]1C[C@@H](F)CN1C(=O)c1ccc(Oc2cccnc2)cc1. The molecule has 2 amide bonds. The molecule has 1 fully saturated rings. The van der Waals surface area contributed by atoms with E-state index < -0.39 is 24.0 Å². The highest BCUT2D eigenvalue weighted by Crippen LogP contribution is 2.25. The summed E-state index contributed by atoms with van der Waals surface area (Å²) in [5.41, 5.74) is 5.59. The number of benzene rings is 1. The molecule has 0 spiro atoms. The maximum Gasteiger partial charge on any atom is 0.254 e. The molecule has 1 aliphatic rings. The Morgan fingerprint density at radius 2 is 1.96 bits per heavy atom. The Bertz CT molecular complexity index is 737. The van der Waals surface area contributed by atoms with E-state index in [9.17, 15) is 14.0 Å². The zero-order valence-corrected chi connectivity index (χ0v) is 12.8. The second-order valence-electron chi connectivity index (χ2n) is 5.52. The van der Waals surface area contributed by atoms with Crippen molar-refractivity contribution in [1.82, 2.24) is 9.88 Å². The number of carbonyl (C=O) groups excluding carboxylic acids is 2. The van der Waals surface area contributed by atoms with E-state index in [1.165, 1.54) is 4.90 Å². The first-order valence-corrected chi connectivity index (χ1v) is 7.47. The van der Waals surface area contributed by atoms with Crippen molar-refractivity contribution >= 4 is 11.8 Å². The lowest BCUT2D eigenvalue weighted by Crippen LogP contribution is -2.43. The van der Waals surface area contributed by atoms with Gasteiger partial charge in [0.25, 0.3) is 5.91 Å². The highest BCUT2D eigenvalue weighted by molar-refractivity contribution is 5.97. The summed E-state index contributed by atoms with van der Waals surface area (Å²) in [5.74, 6) is -0.00659. The third-order valence-corrected chi connectivity index (χ3v) is 3.81. The molecule has 6 nitrogen and oxygen atoms in total. The molecule has 0 radical (unpaired) electrons. The van der Waals surface area contributed by atoms with Crippen LogP contribution in [0.2, 0.25) is 0 Å². The molecule has 1 aliphatic heterocycles. The van der Waals surface area contributed by atoms with Crippen molar-refractivity contribution < 1.29 is 18.7 Å². The maximum absolute atomic E-state index is 13.5. The number of rotatable bonds is 4. The Hall–Kier alpha value is -2.96. The summed E-state index contributed by atoms with van der Waals surface area (Å²) in [6.45, 7) is -0.125. The molecule has 1 saturated heterocycles. The normalized spacial score (nSPS) is 20.0. The van der Waals surface area contributed by atoms with Gasteiger partial charge in [-0.25, -0.2) is 4.39 Å². The Morgan fingerprint density at radius 3 is 2.58 bits per heavy atom. The average molecular weight is 329 g/mol. The number of hydrogen-bond donors (Lipinski definition) is 1. The number of nitrogens with two attached hydrogens (primary N) is 1. The van der Waals surface area contributed by atoms with Crippen molar-refractivity contribution in [3.63, 3.8) is 0 Å². The first kappa shape index (κ1) is 15.9. The summed E-state index contributed by atoms with van der Waals surface area (Å²) < 4.78 is 19.1. The van der Waals surface area contributed by atoms with E-state index >= 15 is 0 Å². The third-order valence-electron chi connectivity index (χ3n) is 3.81. The highest BCUT2D eigenvalue weighted by Gasteiger charge is 2.38. The number of nitrogens with zero attached hydrogens (tertiary/aromatic N) is 2. The number of hydrogen-bond acceptors (Lipinski definition) is 4. The molecular weight excluding hydrogens is 313 g/mol. The van der Waals surface area contributed by atoms with Gasteiger partial charge in [-0.05, 0) is 36.4 Å². The van der Waals surface area contributed by atoms with Gasteiger partial charge in [0.15, 0.2) is 0 Å². The molecule has 2 N–H and O–H groups in total. The summed E-state index contributed by atoms with van der Waals surface area (Å²) in [6, 6.07) is 8.99. The first-order valence-electron chi connectivity index (χ1n) is 7.47. The van der Waals surface area contributed by atoms with Crippen LogP contribution in [-0.4, -0.2) is 40.5 Å². The van der Waals surface area contributed by atoms with Crippen LogP contribution in [0.1, 0.15) is 16.8 Å². The predicted molar refractivity (Wildman–Crippen MR) is 84.3 cm³/mol. The summed E-state index contributed by atoms with van der Waals surface area (Å²) in [6.07, 6.45) is 1.92. The lowest BCUT2D eigenvalue weighted by Gasteiger charge is -2.21. The van der Waals surface area contributed by atoms with Gasteiger partial charge in [-0.1, -0.05) is 0 Å². The van der Waals surface area contributed by atoms with Crippen molar-refractivity contribution in [2.75, 3.05) is 6.54 Å². The lowest BCUT2D eigenvalue weighted by atomic mass is 10.1. The van der Waals surface area contributed by atoms with Crippen molar-refractivity contribution in [1.29, 1.82) is 0 Å². The van der Waals surface area contributed by atoms with Gasteiger partial charge < -0.3 is 15.4 Å². The Labute approximate surface area is 138 Å². The molecular formula is C17H16FN3O3. The Kier molecular flexibility index (Phi) is 4.41. The number of alkyl halides is 1. The van der Waals surface area contributed by atoms with Gasteiger partial charge in [0.05, 0.1) is 12.7 Å². The van der Waals surface area contributed by atoms with Crippen molar-refractivity contribution in [2.45, 2.75) is 18.6 Å². The van der Waals surface area contributed by atoms with Crippen molar-refractivity contribution in [3.8, 4) is 11.5 Å². The monoisotopic (exact) mass is 329 g/mol. The topological polar surface area (TPSA) is 85.5 Å². The number of aromatic nitrogens is 1. The molecule has 0 aliphatic carbocycles. The predicted octanol–water partition coefficient (Wildman–Crippen LogP) is 1.91. The van der Waals surface area contributed by atoms with Gasteiger partial charge in [0, 0.05) is 18.2 Å². The van der Waals surface area contributed by atoms with Crippen LogP contribution in [0.4, 0.5) is 4.39 Å². The van der Waals surface area contributed by atoms with Crippen LogP contribution in [-0.2, 0) is 4.79 Å². The summed E-state index contributed by atoms with van der Waals surface area (Å²) >= 11 is 0. The van der Waals surface area contributed by atoms with Crippen LogP contribution >= 0.6 is 0 Å². The van der Waals surface area contributed by atoms with Gasteiger partial charge in [0.1, 0.15) is 23.7 Å². The van der Waals surface area contributed by atoms with Crippen molar-refractivity contribution in [2.24, 2.45) is 5.73 Å². The van der Waals surface area contributed by atoms with E-state index in [4.69, 9.17) is 10.5 Å². The van der Waals surface area contributed by atoms with Gasteiger partial charge in [-0.3, -0.25) is 14.6 Å². The molecule has 7 heteroatoms. The van der Waals surface area contributed by atoms with Gasteiger partial charge in [-0.2, -0.15) is 0 Å². The smallest absolute Gasteiger partial charge is 0.254 e. The zero-order valence-electron chi connectivity index (χ0n) is 12.8. The van der Waals surface area contributed by atoms with Gasteiger partial charge >= 0.3 is 0 Å². The summed E-state index contributed by atoms with van der Waals surface area (Å²) in [5, 5.41) is 0. The molecule has 1 aromatic heterocycles. The van der Waals surface area contributed by atoms with Gasteiger partial charge in [-0.15, -0.1) is 0 Å². The molecule has 2 atom stereocenters. The highest BCUT2D eigenvalue weighted by atomic mass is 19.1. The number of carbonyl (C=O) groups is 2. The molecule has 0 unspecified atom stereocenters. The van der Waals surface area contributed by atoms with E-state index in [0.29, 0.717) is 17.1 Å². The maximum atomic E-state index is 13.5. The molecule has 24 heavy (non-hydrogen) atoms. The number of ether oxygens (including phenoxy) is 1. The third kappa shape index (κ3) is 3.34. The van der Waals surface area contributed by atoms with E-state index in [2.05, 4.69) is 4.98 Å². The molecule has 124 valence electrons. The van der Waals surface area contributed by atoms with E-state index in [1.54, 1.807) is 48.8 Å². The standard InChI is InChI=1S/C17H16FN3O3/c18-12-8-15(16(19)22)21(10-12)17(23)11-3-5-13(6-4-11)24-14-2-1-7-20-9-14/h1-7,9,12,15H,8,10H2,(H2,19,22)/t12-,15+/m1/s1. The van der Waals surface area contributed by atoms with Crippen LogP contribution in [0, 0.1) is 0 Å². The number of pyridine rings is 1. The van der Waals surface area contributed by atoms with Crippen LogP contribution in [0.3, 0.4) is 0 Å². The van der Waals surface area contributed by atoms with E-state index in [1.807, 2.05) is 0 Å². The molecule has 2 heterocycles. The molecule has 0 saturated carbocycles. The van der Waals surface area contributed by atoms with Crippen LogP contribution in [0.5, 0.6) is 11.5 Å². The fourth-order valence-corrected chi connectivity index (χ4v) is 2.65. The fourth-order valence-electron chi connectivity index (χ4n) is 2.65. The number of halogens is 1. The molecule has 3 rings (SSSR count).